The highest BCUT2D eigenvalue weighted by molar-refractivity contribution is 7.85. The first-order valence-electron chi connectivity index (χ1n) is 5.17. The summed E-state index contributed by atoms with van der Waals surface area (Å²) in [7, 11) is 0.0707. The van der Waals surface area contributed by atoms with Crippen molar-refractivity contribution in [2.24, 2.45) is 0 Å². The summed E-state index contributed by atoms with van der Waals surface area (Å²) in [5.74, 6) is -0.193. The van der Waals surface area contributed by atoms with Crippen molar-refractivity contribution in [3.8, 4) is 0 Å². The van der Waals surface area contributed by atoms with Gasteiger partial charge in [0, 0.05) is 19.6 Å². The summed E-state index contributed by atoms with van der Waals surface area (Å²) in [6.45, 7) is 5.27. The van der Waals surface area contributed by atoms with Crippen molar-refractivity contribution in [1.82, 2.24) is 9.80 Å². The highest BCUT2D eigenvalue weighted by atomic mass is 32.2. The van der Waals surface area contributed by atoms with Gasteiger partial charge in [0.05, 0.1) is 5.75 Å². The Morgan fingerprint density at radius 1 is 1.00 bits per heavy atom. The number of hydrogen-bond donors (Lipinski definition) is 1. The topological polar surface area (TPSA) is 60.9 Å². The molecule has 0 aromatic carbocycles. The lowest BCUT2D eigenvalue weighted by molar-refractivity contribution is 0.263. The van der Waals surface area contributed by atoms with Crippen LogP contribution >= 0.6 is 0 Å². The number of nitrogens with zero attached hydrogens (tertiary/aromatic N) is 2. The fraction of sp³-hybridized carbons (Fsp3) is 1.00. The summed E-state index contributed by atoms with van der Waals surface area (Å²) in [6.07, 6.45) is 1.12. The molecule has 1 N–H and O–H groups in total. The van der Waals surface area contributed by atoms with E-state index in [1.54, 1.807) is 0 Å². The van der Waals surface area contributed by atoms with Crippen LogP contribution in [0.3, 0.4) is 0 Å². The summed E-state index contributed by atoms with van der Waals surface area (Å²) in [4.78, 5) is 4.10. The molecule has 15 heavy (non-hydrogen) atoms. The molecule has 6 heteroatoms. The van der Waals surface area contributed by atoms with Gasteiger partial charge in [-0.15, -0.1) is 0 Å². The maximum atomic E-state index is 10.5. The maximum Gasteiger partial charge on any atom is 0.266 e. The molecule has 0 radical (unpaired) electrons. The zero-order chi connectivity index (χ0) is 11.9. The maximum absolute atomic E-state index is 10.5. The number of rotatable bonds is 8. The third kappa shape index (κ3) is 10.1. The second-order valence-electron chi connectivity index (χ2n) is 3.89. The van der Waals surface area contributed by atoms with Crippen LogP contribution in [0.4, 0.5) is 0 Å². The Morgan fingerprint density at radius 3 is 1.87 bits per heavy atom. The van der Waals surface area contributed by atoms with Gasteiger partial charge in [-0.1, -0.05) is 6.92 Å². The van der Waals surface area contributed by atoms with Crippen molar-refractivity contribution in [1.29, 1.82) is 0 Å². The average molecular weight is 238 g/mol. The van der Waals surface area contributed by atoms with E-state index in [9.17, 15) is 8.42 Å². The molecular formula is C9H22N2O3S. The molecule has 0 aliphatic carbocycles. The van der Waals surface area contributed by atoms with Gasteiger partial charge in [0.1, 0.15) is 0 Å². The lowest BCUT2D eigenvalue weighted by Gasteiger charge is -2.20. The van der Waals surface area contributed by atoms with E-state index < -0.39 is 10.1 Å². The zero-order valence-electron chi connectivity index (χ0n) is 9.81. The molecule has 0 aromatic rings. The minimum absolute atomic E-state index is 0.193. The van der Waals surface area contributed by atoms with Gasteiger partial charge in [-0.2, -0.15) is 8.42 Å². The highest BCUT2D eigenvalue weighted by Gasteiger charge is 2.07. The van der Waals surface area contributed by atoms with Crippen LogP contribution in [0.15, 0.2) is 0 Å². The van der Waals surface area contributed by atoms with E-state index in [4.69, 9.17) is 4.55 Å². The Kier molecular flexibility index (Phi) is 7.08. The van der Waals surface area contributed by atoms with Crippen LogP contribution in [0.1, 0.15) is 13.3 Å². The molecular weight excluding hydrogens is 216 g/mol. The van der Waals surface area contributed by atoms with Crippen LogP contribution in [-0.4, -0.2) is 68.8 Å². The Bertz CT molecular complexity index is 254. The first kappa shape index (κ1) is 14.8. The molecule has 0 rings (SSSR count). The van der Waals surface area contributed by atoms with Gasteiger partial charge in [-0.25, -0.2) is 0 Å². The molecule has 0 amide bonds. The zero-order valence-corrected chi connectivity index (χ0v) is 10.6. The van der Waals surface area contributed by atoms with E-state index >= 15 is 0 Å². The molecule has 0 saturated heterocycles. The van der Waals surface area contributed by atoms with E-state index in [-0.39, 0.29) is 5.75 Å². The third-order valence-electron chi connectivity index (χ3n) is 2.20. The lowest BCUT2D eigenvalue weighted by Crippen LogP contribution is -2.33. The van der Waals surface area contributed by atoms with Gasteiger partial charge in [0.2, 0.25) is 0 Å². The van der Waals surface area contributed by atoms with Gasteiger partial charge in [-0.05, 0) is 27.1 Å². The molecule has 0 aromatic heterocycles. The lowest BCUT2D eigenvalue weighted by atomic mass is 10.4. The van der Waals surface area contributed by atoms with E-state index in [2.05, 4.69) is 11.8 Å². The molecule has 92 valence electrons. The minimum Gasteiger partial charge on any atom is -0.305 e. The fourth-order valence-electron chi connectivity index (χ4n) is 1.22. The first-order valence-corrected chi connectivity index (χ1v) is 6.78. The molecule has 0 aliphatic heterocycles. The summed E-state index contributed by atoms with van der Waals surface area (Å²) in [5.41, 5.74) is 0. The van der Waals surface area contributed by atoms with Crippen LogP contribution in [-0.2, 0) is 10.1 Å². The summed E-state index contributed by atoms with van der Waals surface area (Å²) < 4.78 is 29.6. The molecule has 0 saturated carbocycles. The normalized spacial score (nSPS) is 12.7. The summed E-state index contributed by atoms with van der Waals surface area (Å²) >= 11 is 0. The quantitative estimate of drug-likeness (QED) is 0.610. The van der Waals surface area contributed by atoms with Crippen LogP contribution in [0.2, 0.25) is 0 Å². The third-order valence-corrected chi connectivity index (χ3v) is 2.90. The van der Waals surface area contributed by atoms with E-state index in [1.807, 2.05) is 19.0 Å². The van der Waals surface area contributed by atoms with Crippen molar-refractivity contribution in [2.75, 3.05) is 46.0 Å². The second-order valence-corrected chi connectivity index (χ2v) is 5.46. The van der Waals surface area contributed by atoms with Gasteiger partial charge in [0.25, 0.3) is 10.1 Å². The fourth-order valence-corrected chi connectivity index (χ4v) is 1.76. The van der Waals surface area contributed by atoms with Crippen molar-refractivity contribution in [3.63, 3.8) is 0 Å². The van der Waals surface area contributed by atoms with Crippen molar-refractivity contribution < 1.29 is 13.0 Å². The molecule has 0 fully saturated rings. The van der Waals surface area contributed by atoms with Crippen molar-refractivity contribution in [3.05, 3.63) is 0 Å². The summed E-state index contributed by atoms with van der Waals surface area (Å²) in [6, 6.07) is 0. The molecule has 0 bridgehead atoms. The van der Waals surface area contributed by atoms with E-state index in [0.29, 0.717) is 6.54 Å². The SMILES string of the molecule is CCCN(C)CCN(C)CCS(=O)(=O)O. The Morgan fingerprint density at radius 2 is 1.47 bits per heavy atom. The Hall–Kier alpha value is -0.170. The first-order chi connectivity index (χ1) is 6.85. The van der Waals surface area contributed by atoms with Crippen LogP contribution in [0, 0.1) is 0 Å². The van der Waals surface area contributed by atoms with Crippen molar-refractivity contribution >= 4 is 10.1 Å². The summed E-state index contributed by atoms with van der Waals surface area (Å²) in [5, 5.41) is 0. The molecule has 0 spiro atoms. The molecule has 0 aliphatic rings. The Labute approximate surface area is 92.8 Å². The second kappa shape index (κ2) is 7.16. The highest BCUT2D eigenvalue weighted by Crippen LogP contribution is 1.90. The van der Waals surface area contributed by atoms with E-state index in [0.717, 1.165) is 26.1 Å². The molecule has 0 unspecified atom stereocenters. The predicted molar refractivity (Wildman–Crippen MR) is 61.7 cm³/mol. The molecule has 0 heterocycles. The van der Waals surface area contributed by atoms with Gasteiger partial charge in [-0.3, -0.25) is 4.55 Å². The number of hydrogen-bond acceptors (Lipinski definition) is 4. The van der Waals surface area contributed by atoms with Crippen LogP contribution in [0.25, 0.3) is 0 Å². The van der Waals surface area contributed by atoms with E-state index in [1.165, 1.54) is 0 Å². The van der Waals surface area contributed by atoms with Crippen LogP contribution < -0.4 is 0 Å². The van der Waals surface area contributed by atoms with Gasteiger partial charge in [0.15, 0.2) is 0 Å². The minimum atomic E-state index is -3.82. The standard InChI is InChI=1S/C9H22N2O3S/c1-4-5-10(2)6-7-11(3)8-9-15(12,13)14/h4-9H2,1-3H3,(H,12,13,14). The van der Waals surface area contributed by atoms with Crippen LogP contribution in [0.5, 0.6) is 0 Å². The average Bonchev–Trinajstić information content (AvgIpc) is 2.11. The monoisotopic (exact) mass is 238 g/mol. The predicted octanol–water partition coefficient (Wildman–Crippen LogP) is 0.148. The van der Waals surface area contributed by atoms with Gasteiger partial charge < -0.3 is 9.80 Å². The molecule has 5 nitrogen and oxygen atoms in total. The van der Waals surface area contributed by atoms with Crippen molar-refractivity contribution in [2.45, 2.75) is 13.3 Å². The smallest absolute Gasteiger partial charge is 0.266 e. The largest absolute Gasteiger partial charge is 0.305 e. The Balaban J connectivity index is 3.61. The van der Waals surface area contributed by atoms with Gasteiger partial charge >= 0.3 is 0 Å². The molecule has 0 atom stereocenters. The number of likely N-dealkylation sites (N-methyl/N-ethyl adjacent to an activating group) is 2.